The molecule has 2 aromatic heterocycles. The molecule has 4 rings (SSSR count). The van der Waals surface area contributed by atoms with Gasteiger partial charge in [0, 0.05) is 24.5 Å². The van der Waals surface area contributed by atoms with Gasteiger partial charge in [-0.15, -0.1) is 0 Å². The Morgan fingerprint density at radius 3 is 2.76 bits per heavy atom. The van der Waals surface area contributed by atoms with Crippen molar-refractivity contribution >= 4 is 11.6 Å². The monoisotopic (exact) mass is 382 g/mol. The highest BCUT2D eigenvalue weighted by Crippen LogP contribution is 2.16. The Labute approximate surface area is 168 Å². The van der Waals surface area contributed by atoms with Crippen molar-refractivity contribution in [3.63, 3.8) is 0 Å². The number of rotatable bonds is 6. The van der Waals surface area contributed by atoms with E-state index in [2.05, 4.69) is 16.4 Å². The summed E-state index contributed by atoms with van der Waals surface area (Å²) in [5.41, 5.74) is 3.71. The molecule has 4 aromatic rings. The summed E-state index contributed by atoms with van der Waals surface area (Å²) in [6.45, 7) is 0.703. The molecule has 29 heavy (non-hydrogen) atoms. The Hall–Kier alpha value is -4.11. The van der Waals surface area contributed by atoms with Crippen molar-refractivity contribution in [3.05, 3.63) is 102 Å². The Balaban J connectivity index is 1.37. The largest absolute Gasteiger partial charge is 0.487 e. The van der Waals surface area contributed by atoms with E-state index in [1.165, 1.54) is 0 Å². The van der Waals surface area contributed by atoms with Crippen LogP contribution in [0.2, 0.25) is 0 Å². The summed E-state index contributed by atoms with van der Waals surface area (Å²) in [5.74, 6) is 0.417. The number of ether oxygens (including phenoxy) is 1. The minimum Gasteiger partial charge on any atom is -0.487 e. The van der Waals surface area contributed by atoms with Gasteiger partial charge in [-0.25, -0.2) is 4.98 Å². The van der Waals surface area contributed by atoms with Crippen LogP contribution in [0.1, 0.15) is 27.2 Å². The van der Waals surface area contributed by atoms with Gasteiger partial charge in [0.05, 0.1) is 17.3 Å². The van der Waals surface area contributed by atoms with Crippen molar-refractivity contribution in [2.24, 2.45) is 0 Å². The summed E-state index contributed by atoms with van der Waals surface area (Å²) in [6, 6.07) is 22.1. The van der Waals surface area contributed by atoms with Gasteiger partial charge in [0.25, 0.3) is 5.91 Å². The van der Waals surface area contributed by atoms with Gasteiger partial charge in [-0.1, -0.05) is 24.3 Å². The number of carbonyl (C=O) groups is 1. The number of pyridine rings is 1. The molecule has 0 saturated carbocycles. The number of aromatic nitrogens is 2. The highest BCUT2D eigenvalue weighted by atomic mass is 16.5. The molecule has 0 radical (unpaired) electrons. The topological polar surface area (TPSA) is 79.4 Å². The maximum atomic E-state index is 12.5. The summed E-state index contributed by atoms with van der Waals surface area (Å²) in [5, 5.41) is 11.7. The highest BCUT2D eigenvalue weighted by molar-refractivity contribution is 5.94. The number of hydrogen-bond donors (Lipinski definition) is 1. The number of fused-ring (bicyclic) bond motifs is 1. The third-order valence-corrected chi connectivity index (χ3v) is 4.43. The third-order valence-electron chi connectivity index (χ3n) is 4.43. The number of imidazole rings is 1. The zero-order chi connectivity index (χ0) is 20.1. The quantitative estimate of drug-likeness (QED) is 0.551. The molecular weight excluding hydrogens is 364 g/mol. The van der Waals surface area contributed by atoms with Crippen LogP contribution in [0.5, 0.6) is 5.75 Å². The smallest absolute Gasteiger partial charge is 0.251 e. The molecule has 0 unspecified atom stereocenters. The van der Waals surface area contributed by atoms with E-state index in [0.29, 0.717) is 30.0 Å². The van der Waals surface area contributed by atoms with Gasteiger partial charge in [-0.05, 0) is 48.0 Å². The van der Waals surface area contributed by atoms with Gasteiger partial charge in [0.2, 0.25) is 0 Å². The molecule has 0 aliphatic rings. The maximum absolute atomic E-state index is 12.5. The van der Waals surface area contributed by atoms with Crippen LogP contribution < -0.4 is 10.1 Å². The van der Waals surface area contributed by atoms with Crippen LogP contribution in [0.25, 0.3) is 5.65 Å². The zero-order valence-corrected chi connectivity index (χ0v) is 15.6. The lowest BCUT2D eigenvalue weighted by Crippen LogP contribution is -2.22. The van der Waals surface area contributed by atoms with E-state index in [-0.39, 0.29) is 5.91 Å². The second kappa shape index (κ2) is 8.28. The fourth-order valence-electron chi connectivity index (χ4n) is 2.92. The fraction of sp³-hybridized carbons (Fsp3) is 0.0870. The Morgan fingerprint density at radius 2 is 1.97 bits per heavy atom. The first-order valence-electron chi connectivity index (χ1n) is 9.14. The molecule has 0 aliphatic carbocycles. The van der Waals surface area contributed by atoms with Crippen molar-refractivity contribution in [1.29, 1.82) is 5.26 Å². The number of nitrogens with one attached hydrogen (secondary N) is 1. The SMILES string of the molecule is N#Cc1ccc(CNC(=O)c2cccc(OCc3cn4ccccc4n3)c2)cc1. The number of carbonyl (C=O) groups excluding carboxylic acids is 1. The maximum Gasteiger partial charge on any atom is 0.251 e. The average Bonchev–Trinajstić information content (AvgIpc) is 3.19. The lowest BCUT2D eigenvalue weighted by molar-refractivity contribution is 0.0950. The summed E-state index contributed by atoms with van der Waals surface area (Å²) >= 11 is 0. The molecule has 142 valence electrons. The normalized spacial score (nSPS) is 10.4. The fourth-order valence-corrected chi connectivity index (χ4v) is 2.92. The van der Waals surface area contributed by atoms with Crippen molar-refractivity contribution in [1.82, 2.24) is 14.7 Å². The van der Waals surface area contributed by atoms with E-state index < -0.39 is 0 Å². The predicted octanol–water partition coefficient (Wildman–Crippen LogP) is 3.71. The number of amides is 1. The van der Waals surface area contributed by atoms with Crippen LogP contribution in [-0.4, -0.2) is 15.3 Å². The third kappa shape index (κ3) is 4.42. The molecule has 1 N–H and O–H groups in total. The van der Waals surface area contributed by atoms with Crippen molar-refractivity contribution in [2.75, 3.05) is 0 Å². The van der Waals surface area contributed by atoms with E-state index in [4.69, 9.17) is 10.00 Å². The lowest BCUT2D eigenvalue weighted by Gasteiger charge is -2.08. The lowest BCUT2D eigenvalue weighted by atomic mass is 10.1. The summed E-state index contributed by atoms with van der Waals surface area (Å²) in [4.78, 5) is 16.9. The molecule has 2 heterocycles. The standard InChI is InChI=1S/C23H18N4O2/c24-13-17-7-9-18(10-8-17)14-25-23(28)19-4-3-5-21(12-19)29-16-20-15-27-11-2-1-6-22(27)26-20/h1-12,15H,14,16H2,(H,25,28). The summed E-state index contributed by atoms with van der Waals surface area (Å²) < 4.78 is 7.75. The highest BCUT2D eigenvalue weighted by Gasteiger charge is 2.08. The summed E-state index contributed by atoms with van der Waals surface area (Å²) in [6.07, 6.45) is 3.86. The van der Waals surface area contributed by atoms with E-state index in [0.717, 1.165) is 16.9 Å². The number of benzene rings is 2. The van der Waals surface area contributed by atoms with Crippen LogP contribution in [0.3, 0.4) is 0 Å². The van der Waals surface area contributed by atoms with Gasteiger partial charge in [0.1, 0.15) is 18.0 Å². The first-order chi connectivity index (χ1) is 14.2. The summed E-state index contributed by atoms with van der Waals surface area (Å²) in [7, 11) is 0. The molecule has 6 heteroatoms. The molecule has 6 nitrogen and oxygen atoms in total. The van der Waals surface area contributed by atoms with Crippen molar-refractivity contribution in [3.8, 4) is 11.8 Å². The number of nitriles is 1. The Bertz CT molecular complexity index is 1160. The van der Waals surface area contributed by atoms with E-state index in [1.54, 1.807) is 30.3 Å². The second-order valence-corrected chi connectivity index (χ2v) is 6.51. The predicted molar refractivity (Wildman–Crippen MR) is 108 cm³/mol. The van der Waals surface area contributed by atoms with Crippen LogP contribution in [-0.2, 0) is 13.2 Å². The molecular formula is C23H18N4O2. The van der Waals surface area contributed by atoms with Crippen LogP contribution >= 0.6 is 0 Å². The molecule has 0 bridgehead atoms. The molecule has 0 atom stereocenters. The van der Waals surface area contributed by atoms with Gasteiger partial charge >= 0.3 is 0 Å². The van der Waals surface area contributed by atoms with Gasteiger partial charge < -0.3 is 14.5 Å². The van der Waals surface area contributed by atoms with E-state index in [9.17, 15) is 4.79 Å². The number of nitrogens with zero attached hydrogens (tertiary/aromatic N) is 3. The number of hydrogen-bond acceptors (Lipinski definition) is 4. The molecule has 2 aromatic carbocycles. The molecule has 0 aliphatic heterocycles. The van der Waals surface area contributed by atoms with Gasteiger partial charge in [0.15, 0.2) is 0 Å². The minimum atomic E-state index is -0.187. The van der Waals surface area contributed by atoms with E-state index >= 15 is 0 Å². The first kappa shape index (κ1) is 18.3. The van der Waals surface area contributed by atoms with E-state index in [1.807, 2.05) is 53.2 Å². The van der Waals surface area contributed by atoms with Gasteiger partial charge in [-0.2, -0.15) is 5.26 Å². The Morgan fingerprint density at radius 1 is 1.10 bits per heavy atom. The molecule has 1 amide bonds. The molecule has 0 fully saturated rings. The van der Waals surface area contributed by atoms with Crippen LogP contribution in [0.15, 0.2) is 79.1 Å². The molecule has 0 spiro atoms. The van der Waals surface area contributed by atoms with Crippen LogP contribution in [0.4, 0.5) is 0 Å². The first-order valence-corrected chi connectivity index (χ1v) is 9.14. The zero-order valence-electron chi connectivity index (χ0n) is 15.6. The van der Waals surface area contributed by atoms with Gasteiger partial charge in [-0.3, -0.25) is 4.79 Å². The molecule has 0 saturated heterocycles. The van der Waals surface area contributed by atoms with Crippen molar-refractivity contribution in [2.45, 2.75) is 13.2 Å². The average molecular weight is 382 g/mol. The minimum absolute atomic E-state index is 0.187. The van der Waals surface area contributed by atoms with Crippen molar-refractivity contribution < 1.29 is 9.53 Å². The van der Waals surface area contributed by atoms with Crippen LogP contribution in [0, 0.1) is 11.3 Å². The second-order valence-electron chi connectivity index (χ2n) is 6.51. The Kier molecular flexibility index (Phi) is 5.21.